The van der Waals surface area contributed by atoms with E-state index in [1.54, 1.807) is 0 Å². The average Bonchev–Trinajstić information content (AvgIpc) is 2.77. The molecule has 3 nitrogen and oxygen atoms in total. The van der Waals surface area contributed by atoms with E-state index in [4.69, 9.17) is 0 Å². The quantitative estimate of drug-likeness (QED) is 0.880. The van der Waals surface area contributed by atoms with Crippen molar-refractivity contribution in [3.8, 4) is 0 Å². The van der Waals surface area contributed by atoms with Crippen LogP contribution in [0.3, 0.4) is 0 Å². The first-order valence-electron chi connectivity index (χ1n) is 6.79. The second-order valence-corrected chi connectivity index (χ2v) is 6.15. The van der Waals surface area contributed by atoms with Gasteiger partial charge in [-0.2, -0.15) is 4.37 Å². The first kappa shape index (κ1) is 12.8. The molecule has 0 radical (unpaired) electrons. The lowest BCUT2D eigenvalue weighted by molar-refractivity contribution is 0.308. The zero-order valence-corrected chi connectivity index (χ0v) is 11.9. The minimum absolute atomic E-state index is 0.436. The van der Waals surface area contributed by atoms with E-state index in [9.17, 15) is 0 Å². The maximum atomic E-state index is 4.64. The molecule has 1 aliphatic carbocycles. The van der Waals surface area contributed by atoms with Crippen molar-refractivity contribution >= 4 is 16.7 Å². The zero-order chi connectivity index (χ0) is 12.3. The van der Waals surface area contributed by atoms with Crippen molar-refractivity contribution in [2.45, 2.75) is 64.8 Å². The molecule has 0 spiro atoms. The first-order valence-corrected chi connectivity index (χ1v) is 7.56. The molecule has 2 unspecified atom stereocenters. The molecule has 0 aliphatic heterocycles. The third kappa shape index (κ3) is 3.41. The number of anilines is 1. The van der Waals surface area contributed by atoms with Gasteiger partial charge in [0, 0.05) is 23.5 Å². The monoisotopic (exact) mass is 253 g/mol. The van der Waals surface area contributed by atoms with Gasteiger partial charge in [-0.15, -0.1) is 0 Å². The van der Waals surface area contributed by atoms with Crippen molar-refractivity contribution in [3.05, 3.63) is 5.82 Å². The molecule has 0 aromatic carbocycles. The van der Waals surface area contributed by atoms with Gasteiger partial charge >= 0.3 is 0 Å². The molecule has 1 aromatic heterocycles. The SMILES string of the molecule is CCC1CCCC(c2nsc(NC(C)C)n2)C1. The summed E-state index contributed by atoms with van der Waals surface area (Å²) in [7, 11) is 0. The normalized spacial score (nSPS) is 25.2. The Bertz CT molecular complexity index is 348. The van der Waals surface area contributed by atoms with E-state index in [0.29, 0.717) is 12.0 Å². The average molecular weight is 253 g/mol. The molecule has 1 aliphatic rings. The number of rotatable bonds is 4. The van der Waals surface area contributed by atoms with Crippen LogP contribution < -0.4 is 5.32 Å². The summed E-state index contributed by atoms with van der Waals surface area (Å²) in [6.07, 6.45) is 6.60. The van der Waals surface area contributed by atoms with Gasteiger partial charge in [0.15, 0.2) is 0 Å². The third-order valence-electron chi connectivity index (χ3n) is 3.58. The Hall–Kier alpha value is -0.640. The van der Waals surface area contributed by atoms with Gasteiger partial charge in [0.25, 0.3) is 0 Å². The Kier molecular flexibility index (Phi) is 4.37. The third-order valence-corrected chi connectivity index (χ3v) is 4.24. The van der Waals surface area contributed by atoms with Crippen molar-refractivity contribution in [2.75, 3.05) is 5.32 Å². The Morgan fingerprint density at radius 3 is 2.94 bits per heavy atom. The number of nitrogens with one attached hydrogen (secondary N) is 1. The van der Waals surface area contributed by atoms with E-state index in [1.165, 1.54) is 43.6 Å². The van der Waals surface area contributed by atoms with Crippen molar-refractivity contribution in [2.24, 2.45) is 5.92 Å². The van der Waals surface area contributed by atoms with E-state index in [0.717, 1.165) is 16.9 Å². The molecule has 96 valence electrons. The number of aromatic nitrogens is 2. The van der Waals surface area contributed by atoms with E-state index in [1.807, 2.05) is 0 Å². The number of hydrogen-bond donors (Lipinski definition) is 1. The number of hydrogen-bond acceptors (Lipinski definition) is 4. The smallest absolute Gasteiger partial charge is 0.202 e. The van der Waals surface area contributed by atoms with Crippen LogP contribution in [0, 0.1) is 5.92 Å². The highest BCUT2D eigenvalue weighted by Crippen LogP contribution is 2.37. The summed E-state index contributed by atoms with van der Waals surface area (Å²) < 4.78 is 4.53. The van der Waals surface area contributed by atoms with Crippen LogP contribution in [-0.4, -0.2) is 15.4 Å². The summed E-state index contributed by atoms with van der Waals surface area (Å²) in [6.45, 7) is 6.57. The fourth-order valence-electron chi connectivity index (χ4n) is 2.60. The molecule has 1 heterocycles. The Labute approximate surface area is 108 Å². The summed E-state index contributed by atoms with van der Waals surface area (Å²) in [6, 6.07) is 0.436. The lowest BCUT2D eigenvalue weighted by atomic mass is 9.80. The van der Waals surface area contributed by atoms with Crippen molar-refractivity contribution in [1.29, 1.82) is 0 Å². The topological polar surface area (TPSA) is 37.8 Å². The van der Waals surface area contributed by atoms with Gasteiger partial charge in [-0.05, 0) is 32.6 Å². The van der Waals surface area contributed by atoms with Crippen LogP contribution >= 0.6 is 11.5 Å². The van der Waals surface area contributed by atoms with E-state index >= 15 is 0 Å². The zero-order valence-electron chi connectivity index (χ0n) is 11.1. The molecule has 1 saturated carbocycles. The van der Waals surface area contributed by atoms with Crippen molar-refractivity contribution in [3.63, 3.8) is 0 Å². The minimum atomic E-state index is 0.436. The predicted octanol–water partition coefficient (Wildman–Crippen LogP) is 4.04. The number of nitrogens with zero attached hydrogens (tertiary/aromatic N) is 2. The summed E-state index contributed by atoms with van der Waals surface area (Å²) in [5.41, 5.74) is 0. The molecule has 2 rings (SSSR count). The van der Waals surface area contributed by atoms with Crippen LogP contribution in [0.2, 0.25) is 0 Å². The molecule has 1 aromatic rings. The lowest BCUT2D eigenvalue weighted by Crippen LogP contribution is -2.15. The van der Waals surface area contributed by atoms with Gasteiger partial charge in [-0.1, -0.05) is 26.2 Å². The predicted molar refractivity (Wildman–Crippen MR) is 73.7 cm³/mol. The highest BCUT2D eigenvalue weighted by Gasteiger charge is 2.25. The summed E-state index contributed by atoms with van der Waals surface area (Å²) in [5.74, 6) is 2.57. The molecule has 1 N–H and O–H groups in total. The molecule has 2 atom stereocenters. The highest BCUT2D eigenvalue weighted by atomic mass is 32.1. The Morgan fingerprint density at radius 1 is 1.41 bits per heavy atom. The Morgan fingerprint density at radius 2 is 2.24 bits per heavy atom. The van der Waals surface area contributed by atoms with Crippen LogP contribution in [0.25, 0.3) is 0 Å². The molecule has 0 bridgehead atoms. The maximum Gasteiger partial charge on any atom is 0.202 e. The minimum Gasteiger partial charge on any atom is -0.358 e. The highest BCUT2D eigenvalue weighted by molar-refractivity contribution is 7.09. The fraction of sp³-hybridized carbons (Fsp3) is 0.846. The second-order valence-electron chi connectivity index (χ2n) is 5.39. The van der Waals surface area contributed by atoms with Crippen LogP contribution in [-0.2, 0) is 0 Å². The summed E-state index contributed by atoms with van der Waals surface area (Å²) in [5, 5.41) is 4.31. The molecule has 4 heteroatoms. The fourth-order valence-corrected chi connectivity index (χ4v) is 3.40. The maximum absolute atomic E-state index is 4.64. The van der Waals surface area contributed by atoms with Gasteiger partial charge in [-0.3, -0.25) is 0 Å². The molecule has 1 fully saturated rings. The largest absolute Gasteiger partial charge is 0.358 e. The molecular weight excluding hydrogens is 230 g/mol. The van der Waals surface area contributed by atoms with Gasteiger partial charge in [0.2, 0.25) is 5.13 Å². The van der Waals surface area contributed by atoms with Gasteiger partial charge in [-0.25, -0.2) is 4.98 Å². The van der Waals surface area contributed by atoms with Crippen molar-refractivity contribution in [1.82, 2.24) is 9.36 Å². The molecule has 0 amide bonds. The first-order chi connectivity index (χ1) is 8.19. The lowest BCUT2D eigenvalue weighted by Gasteiger charge is -2.26. The Balaban J connectivity index is 1.99. The molecule has 17 heavy (non-hydrogen) atoms. The van der Waals surface area contributed by atoms with Crippen LogP contribution in [0.4, 0.5) is 5.13 Å². The van der Waals surface area contributed by atoms with Crippen molar-refractivity contribution < 1.29 is 0 Å². The standard InChI is InChI=1S/C13H23N3S/c1-4-10-6-5-7-11(8-10)12-15-13(17-16-12)14-9(2)3/h9-11H,4-8H2,1-3H3,(H,14,15,16). The summed E-state index contributed by atoms with van der Waals surface area (Å²) >= 11 is 1.51. The second kappa shape index (κ2) is 5.80. The molecular formula is C13H23N3S. The van der Waals surface area contributed by atoms with Gasteiger partial charge < -0.3 is 5.32 Å². The van der Waals surface area contributed by atoms with Gasteiger partial charge in [0.05, 0.1) is 0 Å². The van der Waals surface area contributed by atoms with Crippen LogP contribution in [0.15, 0.2) is 0 Å². The van der Waals surface area contributed by atoms with Crippen LogP contribution in [0.5, 0.6) is 0 Å². The van der Waals surface area contributed by atoms with Gasteiger partial charge in [0.1, 0.15) is 5.82 Å². The van der Waals surface area contributed by atoms with E-state index < -0.39 is 0 Å². The molecule has 0 saturated heterocycles. The van der Waals surface area contributed by atoms with Crippen LogP contribution in [0.1, 0.15) is 64.6 Å². The van der Waals surface area contributed by atoms with E-state index in [-0.39, 0.29) is 0 Å². The van der Waals surface area contributed by atoms with E-state index in [2.05, 4.69) is 35.4 Å². The summed E-state index contributed by atoms with van der Waals surface area (Å²) in [4.78, 5) is 4.64.